The quantitative estimate of drug-likeness (QED) is 0.920. The average Bonchev–Trinajstić information content (AvgIpc) is 2.43. The molecule has 104 valence electrons. The van der Waals surface area contributed by atoms with Crippen LogP contribution in [0.2, 0.25) is 0 Å². The molecule has 6 nitrogen and oxygen atoms in total. The van der Waals surface area contributed by atoms with Gasteiger partial charge in [-0.15, -0.1) is 0 Å². The molecular formula is C13H13N3O3S. The molecule has 1 unspecified atom stereocenters. The van der Waals surface area contributed by atoms with Gasteiger partial charge in [0.1, 0.15) is 17.3 Å². The maximum Gasteiger partial charge on any atom is 0.238 e. The zero-order chi connectivity index (χ0) is 14.8. The van der Waals surface area contributed by atoms with Crippen LogP contribution in [0.4, 0.5) is 0 Å². The normalized spacial score (nSPS) is 12.8. The van der Waals surface area contributed by atoms with E-state index in [0.29, 0.717) is 23.1 Å². The molecule has 7 heteroatoms. The number of hydrogen-bond donors (Lipinski definition) is 1. The van der Waals surface area contributed by atoms with Crippen molar-refractivity contribution in [2.75, 3.05) is 0 Å². The van der Waals surface area contributed by atoms with E-state index in [2.05, 4.69) is 4.98 Å². The third-order valence-corrected chi connectivity index (χ3v) is 3.75. The molecule has 0 aliphatic heterocycles. The lowest BCUT2D eigenvalue weighted by Crippen LogP contribution is -2.15. The van der Waals surface area contributed by atoms with Crippen molar-refractivity contribution in [3.63, 3.8) is 0 Å². The highest BCUT2D eigenvalue weighted by molar-refractivity contribution is 7.89. The first-order valence-corrected chi connectivity index (χ1v) is 7.48. The Balaban J connectivity index is 2.64. The van der Waals surface area contributed by atoms with E-state index in [-0.39, 0.29) is 4.90 Å². The number of nitrogens with zero attached hydrogens (tertiary/aromatic N) is 2. The maximum absolute atomic E-state index is 11.5. The molecule has 2 rings (SSSR count). The number of sulfonamides is 1. The van der Waals surface area contributed by atoms with Crippen LogP contribution < -0.4 is 9.88 Å². The Kier molecular flexibility index (Phi) is 3.88. The van der Waals surface area contributed by atoms with Crippen LogP contribution in [0.3, 0.4) is 0 Å². The number of aromatic nitrogens is 1. The molecule has 20 heavy (non-hydrogen) atoms. The van der Waals surface area contributed by atoms with Crippen molar-refractivity contribution in [2.45, 2.75) is 24.3 Å². The first kappa shape index (κ1) is 14.2. The minimum Gasteiger partial charge on any atom is -0.473 e. The van der Waals surface area contributed by atoms with E-state index >= 15 is 0 Å². The van der Waals surface area contributed by atoms with E-state index in [0.717, 1.165) is 0 Å². The molecule has 0 aliphatic rings. The van der Waals surface area contributed by atoms with Crippen LogP contribution in [-0.4, -0.2) is 19.5 Å². The van der Waals surface area contributed by atoms with Crippen molar-refractivity contribution >= 4 is 20.9 Å². The lowest BCUT2D eigenvalue weighted by atomic mass is 10.2. The number of pyridine rings is 1. The summed E-state index contributed by atoms with van der Waals surface area (Å²) in [5, 5.41) is 14.5. The van der Waals surface area contributed by atoms with Crippen LogP contribution in [0.25, 0.3) is 10.9 Å². The van der Waals surface area contributed by atoms with Gasteiger partial charge in [-0.2, -0.15) is 5.26 Å². The highest BCUT2D eigenvalue weighted by Gasteiger charge is 2.17. The summed E-state index contributed by atoms with van der Waals surface area (Å²) in [6.45, 7) is 1.82. The van der Waals surface area contributed by atoms with Crippen molar-refractivity contribution in [1.29, 1.82) is 5.26 Å². The van der Waals surface area contributed by atoms with Gasteiger partial charge in [0.25, 0.3) is 0 Å². The Morgan fingerprint density at radius 2 is 2.20 bits per heavy atom. The first-order valence-electron chi connectivity index (χ1n) is 5.94. The summed E-state index contributed by atoms with van der Waals surface area (Å²) < 4.78 is 28.6. The molecule has 0 bridgehead atoms. The predicted molar refractivity (Wildman–Crippen MR) is 73.4 cm³/mol. The topological polar surface area (TPSA) is 106 Å². The fourth-order valence-electron chi connectivity index (χ4n) is 1.82. The first-order chi connectivity index (χ1) is 9.47. The second-order valence-corrected chi connectivity index (χ2v) is 5.68. The Morgan fingerprint density at radius 1 is 1.45 bits per heavy atom. The SMILES string of the molecule is CCC(C#N)Oc1ccc(S(N)(=O)=O)c2cccnc12. The van der Waals surface area contributed by atoms with Crippen molar-refractivity contribution in [2.24, 2.45) is 5.14 Å². The summed E-state index contributed by atoms with van der Waals surface area (Å²) in [5.41, 5.74) is 0.368. The number of fused-ring (bicyclic) bond motifs is 1. The molecule has 0 aliphatic carbocycles. The van der Waals surface area contributed by atoms with Crippen LogP contribution >= 0.6 is 0 Å². The molecule has 1 heterocycles. The summed E-state index contributed by atoms with van der Waals surface area (Å²) in [7, 11) is -3.85. The Morgan fingerprint density at radius 3 is 2.80 bits per heavy atom. The Hall–Kier alpha value is -2.17. The van der Waals surface area contributed by atoms with Crippen molar-refractivity contribution < 1.29 is 13.2 Å². The van der Waals surface area contributed by atoms with Crippen LogP contribution in [-0.2, 0) is 10.0 Å². The summed E-state index contributed by atoms with van der Waals surface area (Å²) in [5.74, 6) is 0.362. The van der Waals surface area contributed by atoms with Gasteiger partial charge in [-0.1, -0.05) is 6.92 Å². The molecule has 1 aromatic heterocycles. The maximum atomic E-state index is 11.5. The van der Waals surface area contributed by atoms with Gasteiger partial charge in [0.2, 0.25) is 10.0 Å². The molecule has 1 aromatic carbocycles. The molecule has 0 radical (unpaired) electrons. The van der Waals surface area contributed by atoms with Crippen LogP contribution in [0, 0.1) is 11.3 Å². The lowest BCUT2D eigenvalue weighted by molar-refractivity contribution is 0.254. The van der Waals surface area contributed by atoms with E-state index in [4.69, 9.17) is 15.1 Å². The molecule has 0 saturated heterocycles. The van der Waals surface area contributed by atoms with Gasteiger partial charge in [-0.05, 0) is 30.7 Å². The third-order valence-electron chi connectivity index (χ3n) is 2.78. The second kappa shape index (κ2) is 5.45. The molecule has 2 aromatic rings. The number of primary sulfonamides is 1. The number of benzene rings is 1. The standard InChI is InChI=1S/C13H13N3O3S/c1-2-9(8-14)19-11-5-6-12(20(15,17)18)10-4-3-7-16-13(10)11/h3-7,9H,2H2,1H3,(H2,15,17,18). The van der Waals surface area contributed by atoms with Crippen molar-refractivity contribution in [3.8, 4) is 11.8 Å². The van der Waals surface area contributed by atoms with E-state index in [1.54, 1.807) is 12.1 Å². The molecule has 0 spiro atoms. The molecule has 0 fully saturated rings. The average molecular weight is 291 g/mol. The van der Waals surface area contributed by atoms with E-state index in [1.807, 2.05) is 13.0 Å². The molecule has 0 saturated carbocycles. The van der Waals surface area contributed by atoms with E-state index in [1.165, 1.54) is 18.3 Å². The van der Waals surface area contributed by atoms with Gasteiger partial charge < -0.3 is 4.74 Å². The Labute approximate surface area is 116 Å². The molecule has 1 atom stereocenters. The molecular weight excluding hydrogens is 278 g/mol. The van der Waals surface area contributed by atoms with Crippen molar-refractivity contribution in [3.05, 3.63) is 30.5 Å². The number of nitrogens with two attached hydrogens (primary N) is 1. The summed E-state index contributed by atoms with van der Waals surface area (Å²) in [6, 6.07) is 8.06. The lowest BCUT2D eigenvalue weighted by Gasteiger charge is -2.13. The van der Waals surface area contributed by atoms with Crippen LogP contribution in [0.15, 0.2) is 35.4 Å². The summed E-state index contributed by atoms with van der Waals surface area (Å²) >= 11 is 0. The minimum atomic E-state index is -3.85. The van der Waals surface area contributed by atoms with Gasteiger partial charge in [0.15, 0.2) is 6.10 Å². The monoisotopic (exact) mass is 291 g/mol. The number of hydrogen-bond acceptors (Lipinski definition) is 5. The minimum absolute atomic E-state index is 0.0158. The summed E-state index contributed by atoms with van der Waals surface area (Å²) in [6.07, 6.45) is 1.43. The Bertz CT molecular complexity index is 781. The third kappa shape index (κ3) is 2.71. The smallest absolute Gasteiger partial charge is 0.238 e. The number of rotatable bonds is 4. The van der Waals surface area contributed by atoms with Gasteiger partial charge >= 0.3 is 0 Å². The van der Waals surface area contributed by atoms with Crippen molar-refractivity contribution in [1.82, 2.24) is 4.98 Å². The van der Waals surface area contributed by atoms with Gasteiger partial charge in [-0.25, -0.2) is 13.6 Å². The second-order valence-electron chi connectivity index (χ2n) is 4.15. The predicted octanol–water partition coefficient (Wildman–Crippen LogP) is 1.56. The molecule has 0 amide bonds. The van der Waals surface area contributed by atoms with E-state index < -0.39 is 16.1 Å². The fourth-order valence-corrected chi connectivity index (χ4v) is 2.55. The number of ether oxygens (including phenoxy) is 1. The van der Waals surface area contributed by atoms with Gasteiger partial charge in [0, 0.05) is 11.6 Å². The highest BCUT2D eigenvalue weighted by atomic mass is 32.2. The molecule has 2 N–H and O–H groups in total. The zero-order valence-corrected chi connectivity index (χ0v) is 11.6. The largest absolute Gasteiger partial charge is 0.473 e. The van der Waals surface area contributed by atoms with Gasteiger partial charge in [-0.3, -0.25) is 4.98 Å². The number of nitriles is 1. The summed E-state index contributed by atoms with van der Waals surface area (Å²) in [4.78, 5) is 4.11. The van der Waals surface area contributed by atoms with Crippen LogP contribution in [0.1, 0.15) is 13.3 Å². The zero-order valence-electron chi connectivity index (χ0n) is 10.8. The highest BCUT2D eigenvalue weighted by Crippen LogP contribution is 2.29. The van der Waals surface area contributed by atoms with E-state index in [9.17, 15) is 8.42 Å². The van der Waals surface area contributed by atoms with Gasteiger partial charge in [0.05, 0.1) is 4.90 Å². The van der Waals surface area contributed by atoms with Crippen LogP contribution in [0.5, 0.6) is 5.75 Å². The fraction of sp³-hybridized carbons (Fsp3) is 0.231.